The summed E-state index contributed by atoms with van der Waals surface area (Å²) in [7, 11) is 0. The zero-order valence-corrected chi connectivity index (χ0v) is 11.0. The lowest BCUT2D eigenvalue weighted by molar-refractivity contribution is -0.101. The highest BCUT2D eigenvalue weighted by Crippen LogP contribution is 2.22. The molecule has 5 heteroatoms. The highest BCUT2D eigenvalue weighted by atomic mass is 16.6. The maximum atomic E-state index is 11.5. The molecule has 1 amide bonds. The third-order valence-electron chi connectivity index (χ3n) is 2.51. The SMILES string of the molecule is CCCC1CC(NC(=O)OC(C)(C)C)C(O)O1. The van der Waals surface area contributed by atoms with Crippen LogP contribution in [0.2, 0.25) is 0 Å². The highest BCUT2D eigenvalue weighted by Gasteiger charge is 2.35. The van der Waals surface area contributed by atoms with Gasteiger partial charge in [-0.25, -0.2) is 4.79 Å². The van der Waals surface area contributed by atoms with Crippen LogP contribution in [0.15, 0.2) is 0 Å². The molecule has 0 saturated carbocycles. The van der Waals surface area contributed by atoms with E-state index in [1.54, 1.807) is 20.8 Å². The fourth-order valence-corrected chi connectivity index (χ4v) is 1.84. The van der Waals surface area contributed by atoms with Crippen LogP contribution in [-0.4, -0.2) is 35.2 Å². The number of rotatable bonds is 3. The van der Waals surface area contributed by atoms with Crippen LogP contribution in [0.3, 0.4) is 0 Å². The molecule has 3 atom stereocenters. The minimum atomic E-state index is -0.931. The molecule has 5 nitrogen and oxygen atoms in total. The molecule has 0 aromatic rings. The normalized spacial score (nSPS) is 29.1. The van der Waals surface area contributed by atoms with E-state index in [4.69, 9.17) is 9.47 Å². The van der Waals surface area contributed by atoms with E-state index in [2.05, 4.69) is 12.2 Å². The zero-order chi connectivity index (χ0) is 13.1. The Morgan fingerprint density at radius 1 is 1.53 bits per heavy atom. The number of carbonyl (C=O) groups is 1. The van der Waals surface area contributed by atoms with Crippen molar-refractivity contribution in [2.24, 2.45) is 0 Å². The standard InChI is InChI=1S/C12H23NO4/c1-5-6-8-7-9(10(14)16-8)13-11(15)17-12(2,3)4/h8-10,14H,5-7H2,1-4H3,(H,13,15). The van der Waals surface area contributed by atoms with E-state index in [9.17, 15) is 9.90 Å². The fraction of sp³-hybridized carbons (Fsp3) is 0.917. The van der Waals surface area contributed by atoms with Crippen LogP contribution in [0.1, 0.15) is 47.0 Å². The summed E-state index contributed by atoms with van der Waals surface area (Å²) in [5.41, 5.74) is -0.530. The van der Waals surface area contributed by atoms with Gasteiger partial charge in [-0.2, -0.15) is 0 Å². The van der Waals surface area contributed by atoms with Crippen LogP contribution in [0.25, 0.3) is 0 Å². The molecule has 1 saturated heterocycles. The van der Waals surface area contributed by atoms with E-state index in [1.807, 2.05) is 0 Å². The van der Waals surface area contributed by atoms with Gasteiger partial charge in [0.05, 0.1) is 12.1 Å². The van der Waals surface area contributed by atoms with E-state index >= 15 is 0 Å². The van der Waals surface area contributed by atoms with Crippen LogP contribution < -0.4 is 5.32 Å². The predicted molar refractivity (Wildman–Crippen MR) is 63.6 cm³/mol. The molecule has 17 heavy (non-hydrogen) atoms. The molecule has 1 fully saturated rings. The molecule has 0 aromatic heterocycles. The molecular formula is C12H23NO4. The number of amides is 1. The Morgan fingerprint density at radius 2 is 2.18 bits per heavy atom. The van der Waals surface area contributed by atoms with Crippen molar-refractivity contribution in [3.05, 3.63) is 0 Å². The van der Waals surface area contributed by atoms with Crippen LogP contribution in [0.5, 0.6) is 0 Å². The molecule has 0 spiro atoms. The highest BCUT2D eigenvalue weighted by molar-refractivity contribution is 5.68. The molecule has 0 aliphatic carbocycles. The molecule has 0 bridgehead atoms. The molecule has 3 unspecified atom stereocenters. The lowest BCUT2D eigenvalue weighted by Gasteiger charge is -2.22. The van der Waals surface area contributed by atoms with Crippen LogP contribution >= 0.6 is 0 Å². The van der Waals surface area contributed by atoms with Gasteiger partial charge in [-0.1, -0.05) is 13.3 Å². The smallest absolute Gasteiger partial charge is 0.408 e. The number of aliphatic hydroxyl groups excluding tert-OH is 1. The predicted octanol–water partition coefficient (Wildman–Crippen LogP) is 1.79. The number of ether oxygens (including phenoxy) is 2. The topological polar surface area (TPSA) is 67.8 Å². The van der Waals surface area contributed by atoms with Crippen LogP contribution in [-0.2, 0) is 9.47 Å². The maximum absolute atomic E-state index is 11.5. The monoisotopic (exact) mass is 245 g/mol. The molecule has 100 valence electrons. The number of hydrogen-bond donors (Lipinski definition) is 2. The molecule has 1 aliphatic heterocycles. The maximum Gasteiger partial charge on any atom is 0.408 e. The van der Waals surface area contributed by atoms with E-state index in [-0.39, 0.29) is 12.1 Å². The van der Waals surface area contributed by atoms with Gasteiger partial charge in [0.25, 0.3) is 0 Å². The van der Waals surface area contributed by atoms with Gasteiger partial charge in [0.2, 0.25) is 0 Å². The summed E-state index contributed by atoms with van der Waals surface area (Å²) in [5.74, 6) is 0. The Bertz CT molecular complexity index is 262. The van der Waals surface area contributed by atoms with Gasteiger partial charge in [-0.15, -0.1) is 0 Å². The largest absolute Gasteiger partial charge is 0.444 e. The van der Waals surface area contributed by atoms with Crippen molar-refractivity contribution in [3.8, 4) is 0 Å². The lowest BCUT2D eigenvalue weighted by atomic mass is 10.1. The Hall–Kier alpha value is -0.810. The molecule has 1 rings (SSSR count). The van der Waals surface area contributed by atoms with Gasteiger partial charge in [-0.3, -0.25) is 0 Å². The van der Waals surface area contributed by atoms with E-state index in [0.29, 0.717) is 6.42 Å². The minimum Gasteiger partial charge on any atom is -0.444 e. The van der Waals surface area contributed by atoms with Gasteiger partial charge >= 0.3 is 6.09 Å². The Balaban J connectivity index is 2.39. The fourth-order valence-electron chi connectivity index (χ4n) is 1.84. The summed E-state index contributed by atoms with van der Waals surface area (Å²) in [5, 5.41) is 12.3. The number of alkyl carbamates (subject to hydrolysis) is 1. The van der Waals surface area contributed by atoms with Gasteiger partial charge in [0, 0.05) is 0 Å². The first-order valence-corrected chi connectivity index (χ1v) is 6.15. The third-order valence-corrected chi connectivity index (χ3v) is 2.51. The zero-order valence-electron chi connectivity index (χ0n) is 11.0. The first-order chi connectivity index (χ1) is 7.81. The molecule has 1 heterocycles. The molecule has 0 aromatic carbocycles. The lowest BCUT2D eigenvalue weighted by Crippen LogP contribution is -2.43. The van der Waals surface area contributed by atoms with Crippen molar-refractivity contribution in [2.75, 3.05) is 0 Å². The molecule has 0 radical (unpaired) electrons. The summed E-state index contributed by atoms with van der Waals surface area (Å²) < 4.78 is 10.5. The summed E-state index contributed by atoms with van der Waals surface area (Å²) >= 11 is 0. The van der Waals surface area contributed by atoms with Crippen molar-refractivity contribution < 1.29 is 19.4 Å². The van der Waals surface area contributed by atoms with E-state index in [0.717, 1.165) is 12.8 Å². The van der Waals surface area contributed by atoms with Crippen molar-refractivity contribution in [2.45, 2.75) is 71.0 Å². The first-order valence-electron chi connectivity index (χ1n) is 6.15. The van der Waals surface area contributed by atoms with Gasteiger partial charge in [-0.05, 0) is 33.6 Å². The first kappa shape index (κ1) is 14.3. The Labute approximate surface area is 102 Å². The summed E-state index contributed by atoms with van der Waals surface area (Å²) in [6, 6.07) is -0.374. The number of hydrogen-bond acceptors (Lipinski definition) is 4. The second-order valence-corrected chi connectivity index (χ2v) is 5.43. The van der Waals surface area contributed by atoms with Gasteiger partial charge < -0.3 is 19.9 Å². The van der Waals surface area contributed by atoms with Crippen molar-refractivity contribution in [1.29, 1.82) is 0 Å². The van der Waals surface area contributed by atoms with Crippen LogP contribution in [0, 0.1) is 0 Å². The van der Waals surface area contributed by atoms with Crippen molar-refractivity contribution in [1.82, 2.24) is 5.32 Å². The van der Waals surface area contributed by atoms with E-state index in [1.165, 1.54) is 0 Å². The van der Waals surface area contributed by atoms with Gasteiger partial charge in [0.1, 0.15) is 5.60 Å². The second-order valence-electron chi connectivity index (χ2n) is 5.43. The van der Waals surface area contributed by atoms with Crippen molar-refractivity contribution >= 4 is 6.09 Å². The average molecular weight is 245 g/mol. The third kappa shape index (κ3) is 4.91. The average Bonchev–Trinajstić information content (AvgIpc) is 2.44. The van der Waals surface area contributed by atoms with E-state index < -0.39 is 18.0 Å². The summed E-state index contributed by atoms with van der Waals surface area (Å²) in [6.45, 7) is 7.46. The summed E-state index contributed by atoms with van der Waals surface area (Å²) in [4.78, 5) is 11.5. The minimum absolute atomic E-state index is 0.0231. The molecule has 2 N–H and O–H groups in total. The quantitative estimate of drug-likeness (QED) is 0.795. The Morgan fingerprint density at radius 3 is 2.71 bits per heavy atom. The number of carbonyl (C=O) groups excluding carboxylic acids is 1. The Kier molecular flexibility index (Phi) is 4.77. The van der Waals surface area contributed by atoms with Gasteiger partial charge in [0.15, 0.2) is 6.29 Å². The summed E-state index contributed by atoms with van der Waals surface area (Å²) in [6.07, 6.45) is 1.10. The molecule has 1 aliphatic rings. The number of aliphatic hydroxyl groups is 1. The van der Waals surface area contributed by atoms with Crippen LogP contribution in [0.4, 0.5) is 4.79 Å². The number of nitrogens with one attached hydrogen (secondary N) is 1. The van der Waals surface area contributed by atoms with Crippen molar-refractivity contribution in [3.63, 3.8) is 0 Å². The molecular weight excluding hydrogens is 222 g/mol. The second kappa shape index (κ2) is 5.69.